The molecule has 0 fully saturated rings. The predicted molar refractivity (Wildman–Crippen MR) is 255 cm³/mol. The van der Waals surface area contributed by atoms with Crippen molar-refractivity contribution in [3.8, 4) is 6.07 Å². The van der Waals surface area contributed by atoms with Crippen LogP contribution in [-0.4, -0.2) is 16.1 Å². The molecule has 0 bridgehead atoms. The van der Waals surface area contributed by atoms with E-state index >= 15 is 0 Å². The van der Waals surface area contributed by atoms with Gasteiger partial charge in [-0.25, -0.2) is 4.85 Å². The molecule has 0 radical (unpaired) electrons. The van der Waals surface area contributed by atoms with Crippen molar-refractivity contribution in [3.05, 3.63) is 162 Å². The fourth-order valence-corrected chi connectivity index (χ4v) is 10.8. The Morgan fingerprint density at radius 3 is 1.17 bits per heavy atom. The Hall–Kier alpha value is -6.19. The molecule has 0 saturated carbocycles. The van der Waals surface area contributed by atoms with Crippen molar-refractivity contribution >= 4 is 98.7 Å². The Kier molecular flexibility index (Phi) is 9.97. The lowest BCUT2D eigenvalue weighted by atomic mass is 9.86. The fraction of sp³-hybridized carbons (Fsp3) is 0.192. The molecule has 8 aromatic rings. The van der Waals surface area contributed by atoms with Crippen LogP contribution in [0, 0.1) is 17.9 Å². The minimum atomic E-state index is -1.52. The third-order valence-corrected chi connectivity index (χ3v) is 15.9. The van der Waals surface area contributed by atoms with E-state index in [0.717, 1.165) is 47.0 Å². The van der Waals surface area contributed by atoms with Gasteiger partial charge in [-0.05, 0) is 118 Å². The summed E-state index contributed by atoms with van der Waals surface area (Å²) in [5, 5.41) is 20.0. The van der Waals surface area contributed by atoms with Crippen LogP contribution >= 0.6 is 0 Å². The molecule has 0 aliphatic carbocycles. The van der Waals surface area contributed by atoms with E-state index in [-0.39, 0.29) is 0 Å². The maximum Gasteiger partial charge on any atom is 0.187 e. The minimum Gasteiger partial charge on any atom is -0.310 e. The average molecular weight is 787 g/mol. The van der Waals surface area contributed by atoms with Gasteiger partial charge in [0.25, 0.3) is 0 Å². The number of anilines is 6. The van der Waals surface area contributed by atoms with Gasteiger partial charge in [-0.2, -0.15) is 5.26 Å². The van der Waals surface area contributed by atoms with Crippen molar-refractivity contribution in [2.24, 2.45) is 0 Å². The predicted octanol–water partition coefficient (Wildman–Crippen LogP) is 14.2. The van der Waals surface area contributed by atoms with E-state index < -0.39 is 16.1 Å². The molecule has 286 valence electrons. The Labute approximate surface area is 345 Å². The van der Waals surface area contributed by atoms with Crippen molar-refractivity contribution in [1.29, 1.82) is 5.26 Å². The lowest BCUT2D eigenvalue weighted by Gasteiger charge is -2.31. The first-order chi connectivity index (χ1) is 27.8. The second-order valence-electron chi connectivity index (χ2n) is 17.4. The molecule has 58 heavy (non-hydrogen) atoms. The molecule has 0 unspecified atom stereocenters. The molecular weight excluding hydrogens is 737 g/mol. The van der Waals surface area contributed by atoms with Crippen LogP contribution in [0.5, 0.6) is 0 Å². The van der Waals surface area contributed by atoms with Gasteiger partial charge in [-0.1, -0.05) is 124 Å². The molecule has 0 spiro atoms. The molecule has 0 amide bonds. The minimum absolute atomic E-state index is 0.629. The monoisotopic (exact) mass is 786 g/mol. The van der Waals surface area contributed by atoms with Gasteiger partial charge in [-0.15, -0.1) is 0 Å². The van der Waals surface area contributed by atoms with Crippen molar-refractivity contribution < 1.29 is 0 Å². The van der Waals surface area contributed by atoms with E-state index in [1.165, 1.54) is 53.8 Å². The van der Waals surface area contributed by atoms with Crippen LogP contribution < -0.4 is 20.2 Å². The summed E-state index contributed by atoms with van der Waals surface area (Å²) in [7, 11) is -3.05. The van der Waals surface area contributed by atoms with Gasteiger partial charge < -0.3 is 9.80 Å². The Balaban J connectivity index is 1.44. The number of benzene rings is 8. The molecule has 6 heteroatoms. The van der Waals surface area contributed by atoms with Crippen molar-refractivity contribution in [1.82, 2.24) is 0 Å². The van der Waals surface area contributed by atoms with E-state index in [9.17, 15) is 5.26 Å². The zero-order valence-electron chi connectivity index (χ0n) is 34.9. The zero-order chi connectivity index (χ0) is 40.9. The molecule has 4 nitrogen and oxygen atoms in total. The van der Waals surface area contributed by atoms with Crippen LogP contribution in [0.25, 0.3) is 37.2 Å². The van der Waals surface area contributed by atoms with Crippen LogP contribution in [0.1, 0.15) is 30.5 Å². The number of rotatable bonds is 10. The number of nitrogens with zero attached hydrogens (tertiary/aromatic N) is 4. The SMILES string of the molecule is [C-]#[N+]c1ccc(N(c2ccc([Si](C)(C)C)cc2)c2cc(CC)c3ccc4c(N(c5ccc(C#N)cc5)c5ccc([Si](C)(C)C)cc5)cc(CC)c5ccc2c3c54)cc1. The van der Waals surface area contributed by atoms with E-state index in [2.05, 4.69) is 183 Å². The quantitative estimate of drug-likeness (QED) is 0.0787. The highest BCUT2D eigenvalue weighted by atomic mass is 28.3. The number of hydrogen-bond acceptors (Lipinski definition) is 3. The van der Waals surface area contributed by atoms with E-state index in [0.29, 0.717) is 11.3 Å². The molecule has 0 aromatic heterocycles. The Morgan fingerprint density at radius 1 is 0.500 bits per heavy atom. The van der Waals surface area contributed by atoms with Crippen molar-refractivity contribution in [2.75, 3.05) is 9.80 Å². The van der Waals surface area contributed by atoms with Crippen LogP contribution in [0.3, 0.4) is 0 Å². The smallest absolute Gasteiger partial charge is 0.187 e. The lowest BCUT2D eigenvalue weighted by molar-refractivity contribution is 1.15. The summed E-state index contributed by atoms with van der Waals surface area (Å²) < 4.78 is 0. The first kappa shape index (κ1) is 38.7. The number of aryl methyl sites for hydroxylation is 2. The molecule has 0 heterocycles. The molecule has 0 aliphatic heterocycles. The van der Waals surface area contributed by atoms with Crippen molar-refractivity contribution in [3.63, 3.8) is 0 Å². The maximum absolute atomic E-state index is 9.72. The Bertz CT molecular complexity index is 2670. The summed E-state index contributed by atoms with van der Waals surface area (Å²) in [6.07, 6.45) is 1.77. The summed E-state index contributed by atoms with van der Waals surface area (Å²) in [4.78, 5) is 8.48. The van der Waals surface area contributed by atoms with Crippen LogP contribution in [0.15, 0.2) is 133 Å². The first-order valence-corrected chi connectivity index (χ1v) is 27.4. The second-order valence-corrected chi connectivity index (χ2v) is 27.6. The zero-order valence-corrected chi connectivity index (χ0v) is 36.9. The van der Waals surface area contributed by atoms with E-state index in [1.807, 2.05) is 24.3 Å². The van der Waals surface area contributed by atoms with Gasteiger partial charge in [0.15, 0.2) is 5.69 Å². The molecule has 0 atom stereocenters. The fourth-order valence-electron chi connectivity index (χ4n) is 8.49. The van der Waals surface area contributed by atoms with Crippen LogP contribution in [0.2, 0.25) is 39.3 Å². The van der Waals surface area contributed by atoms with Gasteiger partial charge in [0.2, 0.25) is 0 Å². The van der Waals surface area contributed by atoms with Gasteiger partial charge in [0.1, 0.15) is 0 Å². The largest absolute Gasteiger partial charge is 0.310 e. The summed E-state index contributed by atoms with van der Waals surface area (Å²) >= 11 is 0. The van der Waals surface area contributed by atoms with Gasteiger partial charge in [0, 0.05) is 33.5 Å². The normalized spacial score (nSPS) is 11.9. The van der Waals surface area contributed by atoms with E-state index in [4.69, 9.17) is 6.57 Å². The third kappa shape index (κ3) is 6.83. The highest BCUT2D eigenvalue weighted by Gasteiger charge is 2.26. The third-order valence-electron chi connectivity index (χ3n) is 11.7. The van der Waals surface area contributed by atoms with Crippen LogP contribution in [0.4, 0.5) is 39.8 Å². The van der Waals surface area contributed by atoms with Gasteiger partial charge in [0.05, 0.1) is 45.7 Å². The molecule has 0 N–H and O–H groups in total. The summed E-state index contributed by atoms with van der Waals surface area (Å²) in [5.41, 5.74) is 10.4. The highest BCUT2D eigenvalue weighted by Crippen LogP contribution is 2.49. The average Bonchev–Trinajstić information content (AvgIpc) is 3.23. The number of nitriles is 1. The van der Waals surface area contributed by atoms with Crippen LogP contribution in [-0.2, 0) is 12.8 Å². The second kappa shape index (κ2) is 15.0. The number of hydrogen-bond donors (Lipinski definition) is 0. The molecule has 0 saturated heterocycles. The summed E-state index contributed by atoms with van der Waals surface area (Å²) in [6, 6.07) is 50.8. The van der Waals surface area contributed by atoms with Gasteiger partial charge >= 0.3 is 0 Å². The van der Waals surface area contributed by atoms with Gasteiger partial charge in [-0.3, -0.25) is 0 Å². The topological polar surface area (TPSA) is 34.6 Å². The highest BCUT2D eigenvalue weighted by molar-refractivity contribution is 6.89. The summed E-state index contributed by atoms with van der Waals surface area (Å²) in [6.45, 7) is 26.5. The molecule has 0 aliphatic rings. The Morgan fingerprint density at radius 2 is 0.845 bits per heavy atom. The van der Waals surface area contributed by atoms with Crippen molar-refractivity contribution in [2.45, 2.75) is 66.0 Å². The molecule has 8 aromatic carbocycles. The first-order valence-electron chi connectivity index (χ1n) is 20.4. The van der Waals surface area contributed by atoms with E-state index in [1.54, 1.807) is 0 Å². The molecular formula is C52H50N4Si2. The molecule has 8 rings (SSSR count). The lowest BCUT2D eigenvalue weighted by Crippen LogP contribution is -2.37. The summed E-state index contributed by atoms with van der Waals surface area (Å²) in [5.74, 6) is 0. The maximum atomic E-state index is 9.72. The standard InChI is InChI=1S/C52H50N4Si2/c1-10-36-32-49(55(39-16-12-35(34-53)13-17-39)41-20-24-43(25-21-41)57(4,5)6)47-30-28-46-37(11-2)33-50(48-31-29-45(36)51(47)52(46)48)56(40-18-14-38(54-3)15-19-40)42-22-26-44(27-23-42)58(7,8)9/h12-33H,10-11H2,1-2,4-9H3.